The van der Waals surface area contributed by atoms with Gasteiger partial charge in [0.2, 0.25) is 0 Å². The first-order valence-corrected chi connectivity index (χ1v) is 15.1. The average Bonchev–Trinajstić information content (AvgIpc) is 3.52. The van der Waals surface area contributed by atoms with Crippen LogP contribution in [0, 0.1) is 5.92 Å². The molecule has 0 aromatic heterocycles. The summed E-state index contributed by atoms with van der Waals surface area (Å²) < 4.78 is 89.6. The Balaban J connectivity index is 1.53. The van der Waals surface area contributed by atoms with Gasteiger partial charge < -0.3 is 0 Å². The van der Waals surface area contributed by atoms with Gasteiger partial charge in [-0.05, 0) is 59.8 Å². The molecule has 0 nitrogen and oxygen atoms in total. The first-order chi connectivity index (χ1) is 19.2. The van der Waals surface area contributed by atoms with E-state index in [1.54, 1.807) is 44.2 Å². The minimum absolute atomic E-state index is 0.155. The first kappa shape index (κ1) is 28.5. The van der Waals surface area contributed by atoms with Crippen molar-refractivity contribution < 1.29 is 26.3 Å². The lowest BCUT2D eigenvalue weighted by atomic mass is 9.71. The summed E-state index contributed by atoms with van der Waals surface area (Å²) in [5.41, 5.74) is -0.385. The fraction of sp³-hybridized carbons (Fsp3) is 0.333. The summed E-state index contributed by atoms with van der Waals surface area (Å²) >= 11 is 2.54. The molecule has 2 aliphatic heterocycles. The van der Waals surface area contributed by atoms with Gasteiger partial charge in [-0.2, -0.15) is 26.3 Å². The van der Waals surface area contributed by atoms with E-state index >= 15 is 17.6 Å². The molecule has 0 spiro atoms. The van der Waals surface area contributed by atoms with Crippen LogP contribution >= 0.6 is 23.5 Å². The van der Waals surface area contributed by atoms with E-state index < -0.39 is 38.4 Å². The molecule has 41 heavy (non-hydrogen) atoms. The normalized spacial score (nSPS) is 29.8. The van der Waals surface area contributed by atoms with Crippen LogP contribution in [0.3, 0.4) is 0 Å². The van der Waals surface area contributed by atoms with Gasteiger partial charge in [0, 0.05) is 21.0 Å². The molecule has 8 heteroatoms. The summed E-state index contributed by atoms with van der Waals surface area (Å²) in [6.45, 7) is 7.64. The highest BCUT2D eigenvalue weighted by Crippen LogP contribution is 2.75. The molecule has 1 saturated carbocycles. The van der Waals surface area contributed by atoms with Gasteiger partial charge in [0.05, 0.1) is 9.49 Å². The van der Waals surface area contributed by atoms with Crippen LogP contribution in [0.15, 0.2) is 95.1 Å². The van der Waals surface area contributed by atoms with E-state index in [0.717, 1.165) is 12.0 Å². The lowest BCUT2D eigenvalue weighted by Crippen LogP contribution is -2.48. The van der Waals surface area contributed by atoms with Crippen molar-refractivity contribution in [3.63, 3.8) is 0 Å². The molecule has 214 valence electrons. The highest BCUT2D eigenvalue weighted by atomic mass is 32.2. The lowest BCUT2D eigenvalue weighted by Gasteiger charge is -2.47. The highest BCUT2D eigenvalue weighted by molar-refractivity contribution is 8.14. The van der Waals surface area contributed by atoms with E-state index in [0.29, 0.717) is 26.9 Å². The molecule has 4 aliphatic rings. The van der Waals surface area contributed by atoms with Crippen LogP contribution in [0.5, 0.6) is 0 Å². The van der Waals surface area contributed by atoms with Crippen molar-refractivity contribution >= 4 is 39.4 Å². The molecule has 0 bridgehead atoms. The van der Waals surface area contributed by atoms with Gasteiger partial charge in [0.25, 0.3) is 0 Å². The summed E-state index contributed by atoms with van der Waals surface area (Å²) in [5.74, 6) is -15.2. The first-order valence-electron chi connectivity index (χ1n) is 13.5. The number of hydrogen-bond acceptors (Lipinski definition) is 2. The number of allylic oxidation sites excluding steroid dienone is 5. The zero-order valence-electron chi connectivity index (χ0n) is 22.9. The average molecular weight is 603 g/mol. The maximum Gasteiger partial charge on any atom is 0.380 e. The Morgan fingerprint density at radius 3 is 1.63 bits per heavy atom. The van der Waals surface area contributed by atoms with E-state index in [9.17, 15) is 8.78 Å². The fourth-order valence-electron chi connectivity index (χ4n) is 5.97. The number of alkyl halides is 6. The Morgan fingerprint density at radius 1 is 0.707 bits per heavy atom. The maximum atomic E-state index is 15.5. The summed E-state index contributed by atoms with van der Waals surface area (Å²) in [6.07, 6.45) is 7.97. The van der Waals surface area contributed by atoms with Crippen LogP contribution in [-0.2, 0) is 0 Å². The van der Waals surface area contributed by atoms with Crippen LogP contribution in [0.25, 0.3) is 15.9 Å². The van der Waals surface area contributed by atoms with Crippen LogP contribution < -0.4 is 0 Å². The largest absolute Gasteiger partial charge is 0.380 e. The van der Waals surface area contributed by atoms with Crippen LogP contribution in [-0.4, -0.2) is 27.3 Å². The van der Waals surface area contributed by atoms with Crippen molar-refractivity contribution in [2.45, 2.75) is 61.4 Å². The zero-order valence-corrected chi connectivity index (χ0v) is 24.5. The number of fused-ring (bicyclic) bond motifs is 4. The number of rotatable bonds is 5. The molecule has 2 aromatic rings. The summed E-state index contributed by atoms with van der Waals surface area (Å²) in [7, 11) is 0. The third-order valence-electron chi connectivity index (χ3n) is 8.84. The van der Waals surface area contributed by atoms with E-state index in [-0.39, 0.29) is 11.1 Å². The molecule has 0 unspecified atom stereocenters. The Morgan fingerprint density at radius 2 is 1.17 bits per heavy atom. The van der Waals surface area contributed by atoms with Gasteiger partial charge in [-0.15, -0.1) is 23.5 Å². The van der Waals surface area contributed by atoms with Crippen LogP contribution in [0.1, 0.15) is 50.8 Å². The van der Waals surface area contributed by atoms with E-state index in [2.05, 4.69) is 19.9 Å². The molecule has 2 aliphatic carbocycles. The predicted molar refractivity (Wildman–Crippen MR) is 158 cm³/mol. The van der Waals surface area contributed by atoms with Gasteiger partial charge >= 0.3 is 17.8 Å². The van der Waals surface area contributed by atoms with E-state index in [4.69, 9.17) is 0 Å². The molecule has 0 radical (unpaired) electrons. The van der Waals surface area contributed by atoms with Gasteiger partial charge in [-0.3, -0.25) is 0 Å². The minimum atomic E-state index is -5.56. The predicted octanol–water partition coefficient (Wildman–Crippen LogP) is 10.7. The van der Waals surface area contributed by atoms with Crippen LogP contribution in [0.4, 0.5) is 26.3 Å². The topological polar surface area (TPSA) is 0 Å². The van der Waals surface area contributed by atoms with Gasteiger partial charge in [-0.1, -0.05) is 87.0 Å². The van der Waals surface area contributed by atoms with Crippen molar-refractivity contribution in [1.82, 2.24) is 0 Å². The SMILES string of the molecule is CC[C@H](C)/C=C/c1ccc(C2=CC3=C4C(=C5C=C(c6ccccc6)S[C@@]5(C)[C@]3(C)S2)C(F)(F)C(F)(F)C4(F)F)cc1. The standard InChI is InChI=1S/C33H28F6S2/c1-5-19(2)11-12-20-13-15-22(16-14-20)26-18-24-28-27(31(34,35)33(38,39)32(28,36)37)23-17-25(21-9-7-6-8-10-21)40-29(23,3)30(24,4)41-26/h6-19H,5H2,1-4H3/b12-11+/t19-,29+,30+/m0/s1. The lowest BCUT2D eigenvalue weighted by molar-refractivity contribution is -0.258. The summed E-state index contributed by atoms with van der Waals surface area (Å²) in [4.78, 5) is 1.16. The van der Waals surface area contributed by atoms with E-state index in [1.165, 1.54) is 35.7 Å². The highest BCUT2D eigenvalue weighted by Gasteiger charge is 2.84. The van der Waals surface area contributed by atoms with Crippen molar-refractivity contribution in [3.8, 4) is 0 Å². The smallest absolute Gasteiger partial charge is 0.194 e. The van der Waals surface area contributed by atoms with Gasteiger partial charge in [0.1, 0.15) is 0 Å². The quantitative estimate of drug-likeness (QED) is 0.312. The molecule has 2 heterocycles. The third kappa shape index (κ3) is 3.78. The van der Waals surface area contributed by atoms with Gasteiger partial charge in [0.15, 0.2) is 0 Å². The van der Waals surface area contributed by atoms with Crippen molar-refractivity contribution in [2.75, 3.05) is 0 Å². The van der Waals surface area contributed by atoms with Crippen molar-refractivity contribution in [1.29, 1.82) is 0 Å². The zero-order chi connectivity index (χ0) is 29.6. The Kier molecular flexibility index (Phi) is 6.41. The molecule has 1 fully saturated rings. The second-order valence-corrected chi connectivity index (χ2v) is 14.2. The molecule has 0 amide bonds. The van der Waals surface area contributed by atoms with E-state index in [1.807, 2.05) is 30.3 Å². The summed E-state index contributed by atoms with van der Waals surface area (Å²) in [5, 5.41) is 0. The van der Waals surface area contributed by atoms with Crippen molar-refractivity contribution in [3.05, 3.63) is 112 Å². The third-order valence-corrected chi connectivity index (χ3v) is 12.2. The molecule has 6 rings (SSSR count). The second-order valence-electron chi connectivity index (χ2n) is 11.3. The second kappa shape index (κ2) is 9.21. The molecular weight excluding hydrogens is 574 g/mol. The Hall–Kier alpha value is -2.58. The van der Waals surface area contributed by atoms with Gasteiger partial charge in [-0.25, -0.2) is 0 Å². The fourth-order valence-corrected chi connectivity index (χ4v) is 9.11. The number of benzene rings is 2. The Labute approximate surface area is 244 Å². The Bertz CT molecular complexity index is 1580. The monoisotopic (exact) mass is 602 g/mol. The number of hydrogen-bond donors (Lipinski definition) is 0. The maximum absolute atomic E-state index is 15.5. The molecule has 0 saturated heterocycles. The molecular formula is C33H28F6S2. The minimum Gasteiger partial charge on any atom is -0.194 e. The summed E-state index contributed by atoms with van der Waals surface area (Å²) in [6, 6.07) is 16.5. The number of thioether (sulfide) groups is 2. The molecule has 3 atom stereocenters. The van der Waals surface area contributed by atoms with Crippen molar-refractivity contribution in [2.24, 2.45) is 5.92 Å². The molecule has 2 aromatic carbocycles. The molecule has 0 N–H and O–H groups in total. The number of halogens is 6. The van der Waals surface area contributed by atoms with Crippen LogP contribution in [0.2, 0.25) is 0 Å².